The van der Waals surface area contributed by atoms with E-state index < -0.39 is 0 Å². The number of H-pyrrole nitrogens is 1. The highest BCUT2D eigenvalue weighted by Gasteiger charge is 2.39. The maximum absolute atomic E-state index is 12.6. The predicted molar refractivity (Wildman–Crippen MR) is 103 cm³/mol. The number of hydrogen-bond donors (Lipinski definition) is 3. The monoisotopic (exact) mass is 424 g/mol. The molecular formula is C18H22BrClN4O. The second kappa shape index (κ2) is 7.48. The summed E-state index contributed by atoms with van der Waals surface area (Å²) in [5.41, 5.74) is 4.01. The van der Waals surface area contributed by atoms with Crippen molar-refractivity contribution in [3.8, 4) is 0 Å². The second-order valence-corrected chi connectivity index (χ2v) is 7.70. The molecule has 1 aromatic heterocycles. The van der Waals surface area contributed by atoms with E-state index >= 15 is 0 Å². The molecule has 134 valence electrons. The Balaban J connectivity index is 0.00000182. The molecule has 2 aliphatic rings. The number of halogens is 2. The molecule has 1 amide bonds. The highest BCUT2D eigenvalue weighted by atomic mass is 79.9. The van der Waals surface area contributed by atoms with Crippen LogP contribution in [0.1, 0.15) is 46.6 Å². The fourth-order valence-electron chi connectivity index (χ4n) is 3.74. The number of carbonyl (C=O) groups excluding carboxylic acids is 1. The largest absolute Gasteiger partial charge is 0.350 e. The Morgan fingerprint density at radius 1 is 1.36 bits per heavy atom. The third-order valence-electron chi connectivity index (χ3n) is 5.36. The molecule has 7 heteroatoms. The minimum atomic E-state index is -0.0718. The van der Waals surface area contributed by atoms with Crippen LogP contribution in [0.3, 0.4) is 0 Å². The highest BCUT2D eigenvalue weighted by molar-refractivity contribution is 9.10. The minimum absolute atomic E-state index is 0. The van der Waals surface area contributed by atoms with Crippen molar-refractivity contribution in [2.45, 2.75) is 37.6 Å². The molecule has 0 unspecified atom stereocenters. The number of rotatable bonds is 4. The number of fused-ring (bicyclic) bond motifs is 1. The van der Waals surface area contributed by atoms with E-state index in [0.717, 1.165) is 41.5 Å². The summed E-state index contributed by atoms with van der Waals surface area (Å²) in [5.74, 6) is -0.0718. The van der Waals surface area contributed by atoms with Crippen LogP contribution in [0.5, 0.6) is 0 Å². The van der Waals surface area contributed by atoms with Gasteiger partial charge in [0, 0.05) is 47.2 Å². The van der Waals surface area contributed by atoms with Gasteiger partial charge in [0.1, 0.15) is 0 Å². The first-order valence-corrected chi connectivity index (χ1v) is 9.28. The maximum atomic E-state index is 12.6. The molecular weight excluding hydrogens is 404 g/mol. The summed E-state index contributed by atoms with van der Waals surface area (Å²) >= 11 is 3.55. The van der Waals surface area contributed by atoms with E-state index in [2.05, 4.69) is 55.0 Å². The van der Waals surface area contributed by atoms with Crippen LogP contribution in [0.15, 0.2) is 28.7 Å². The topological polar surface area (TPSA) is 69.8 Å². The number of benzene rings is 1. The van der Waals surface area contributed by atoms with E-state index in [9.17, 15) is 4.79 Å². The molecule has 2 heterocycles. The van der Waals surface area contributed by atoms with Gasteiger partial charge in [-0.05, 0) is 30.5 Å². The van der Waals surface area contributed by atoms with Crippen molar-refractivity contribution < 1.29 is 4.79 Å². The van der Waals surface area contributed by atoms with Crippen molar-refractivity contribution in [3.63, 3.8) is 0 Å². The van der Waals surface area contributed by atoms with E-state index in [1.165, 1.54) is 12.0 Å². The fraction of sp³-hybridized carbons (Fsp3) is 0.444. The van der Waals surface area contributed by atoms with Crippen molar-refractivity contribution in [2.24, 2.45) is 0 Å². The lowest BCUT2D eigenvalue weighted by molar-refractivity contribution is 0.0921. The van der Waals surface area contributed by atoms with Gasteiger partial charge in [0.05, 0.1) is 0 Å². The Kier molecular flexibility index (Phi) is 5.51. The third kappa shape index (κ3) is 3.48. The van der Waals surface area contributed by atoms with Crippen LogP contribution < -0.4 is 10.6 Å². The summed E-state index contributed by atoms with van der Waals surface area (Å²) in [7, 11) is 0. The molecule has 1 aliphatic carbocycles. The van der Waals surface area contributed by atoms with Gasteiger partial charge in [-0.2, -0.15) is 5.10 Å². The zero-order valence-electron chi connectivity index (χ0n) is 13.9. The Bertz CT molecular complexity index is 772. The predicted octanol–water partition coefficient (Wildman–Crippen LogP) is 3.09. The number of aromatic nitrogens is 2. The molecule has 1 aromatic carbocycles. The highest BCUT2D eigenvalue weighted by Crippen LogP contribution is 2.43. The Labute approximate surface area is 161 Å². The molecule has 25 heavy (non-hydrogen) atoms. The average molecular weight is 426 g/mol. The number of amides is 1. The number of nitrogens with zero attached hydrogens (tertiary/aromatic N) is 1. The van der Waals surface area contributed by atoms with Crippen LogP contribution in [-0.2, 0) is 18.4 Å². The molecule has 0 bridgehead atoms. The quantitative estimate of drug-likeness (QED) is 0.705. The van der Waals surface area contributed by atoms with Crippen molar-refractivity contribution >= 4 is 34.2 Å². The number of hydrogen-bond acceptors (Lipinski definition) is 3. The first-order valence-electron chi connectivity index (χ1n) is 8.49. The summed E-state index contributed by atoms with van der Waals surface area (Å²) in [6, 6.07) is 8.44. The van der Waals surface area contributed by atoms with Gasteiger partial charge in [-0.25, -0.2) is 0 Å². The summed E-state index contributed by atoms with van der Waals surface area (Å²) in [6.45, 7) is 2.31. The molecule has 3 N–H and O–H groups in total. The lowest BCUT2D eigenvalue weighted by Crippen LogP contribution is -2.45. The minimum Gasteiger partial charge on any atom is -0.350 e. The van der Waals surface area contributed by atoms with Crippen LogP contribution in [-0.4, -0.2) is 29.2 Å². The summed E-state index contributed by atoms with van der Waals surface area (Å²) in [4.78, 5) is 12.6. The van der Waals surface area contributed by atoms with Gasteiger partial charge in [-0.3, -0.25) is 9.89 Å². The lowest BCUT2D eigenvalue weighted by Gasteiger charge is -2.42. The van der Waals surface area contributed by atoms with Gasteiger partial charge in [0.25, 0.3) is 5.91 Å². The molecule has 0 atom stereocenters. The molecule has 0 spiro atoms. The fourth-order valence-corrected chi connectivity index (χ4v) is 4.13. The normalized spacial score (nSPS) is 17.8. The van der Waals surface area contributed by atoms with Crippen molar-refractivity contribution in [2.75, 3.05) is 13.1 Å². The van der Waals surface area contributed by atoms with Crippen LogP contribution in [0.4, 0.5) is 0 Å². The van der Waals surface area contributed by atoms with Crippen molar-refractivity contribution in [1.82, 2.24) is 20.8 Å². The van der Waals surface area contributed by atoms with E-state index in [1.54, 1.807) is 0 Å². The lowest BCUT2D eigenvalue weighted by atomic mass is 9.64. The number of nitrogens with one attached hydrogen (secondary N) is 3. The van der Waals surface area contributed by atoms with Crippen molar-refractivity contribution in [1.29, 1.82) is 0 Å². The van der Waals surface area contributed by atoms with Gasteiger partial charge < -0.3 is 10.6 Å². The molecule has 5 nitrogen and oxygen atoms in total. The molecule has 0 saturated heterocycles. The summed E-state index contributed by atoms with van der Waals surface area (Å²) in [6.07, 6.45) is 4.34. The Morgan fingerprint density at radius 2 is 2.20 bits per heavy atom. The van der Waals surface area contributed by atoms with E-state index in [-0.39, 0.29) is 23.7 Å². The van der Waals surface area contributed by atoms with Crippen LogP contribution >= 0.6 is 28.3 Å². The third-order valence-corrected chi connectivity index (χ3v) is 5.85. The second-order valence-electron chi connectivity index (χ2n) is 6.78. The average Bonchev–Trinajstić information content (AvgIpc) is 2.98. The van der Waals surface area contributed by atoms with Crippen LogP contribution in [0.2, 0.25) is 0 Å². The Hall–Kier alpha value is -1.37. The summed E-state index contributed by atoms with van der Waals surface area (Å²) < 4.78 is 1.09. The van der Waals surface area contributed by atoms with Crippen molar-refractivity contribution in [3.05, 3.63) is 51.3 Å². The van der Waals surface area contributed by atoms with E-state index in [0.29, 0.717) is 18.8 Å². The molecule has 1 fully saturated rings. The molecule has 1 aliphatic heterocycles. The molecule has 1 saturated carbocycles. The molecule has 2 aromatic rings. The Morgan fingerprint density at radius 3 is 2.92 bits per heavy atom. The first-order chi connectivity index (χ1) is 11.7. The van der Waals surface area contributed by atoms with Gasteiger partial charge in [0.15, 0.2) is 5.69 Å². The molecule has 4 rings (SSSR count). The zero-order valence-corrected chi connectivity index (χ0v) is 16.3. The van der Waals surface area contributed by atoms with Gasteiger partial charge in [-0.15, -0.1) is 12.4 Å². The SMILES string of the molecule is Cl.O=C(NCC1(c2cccc(Br)c2)CCC1)c1n[nH]c2c1CNCC2. The number of carbonyl (C=O) groups is 1. The zero-order chi connectivity index (χ0) is 16.6. The molecule has 0 radical (unpaired) electrons. The number of aromatic amines is 1. The smallest absolute Gasteiger partial charge is 0.272 e. The van der Waals surface area contributed by atoms with Crippen LogP contribution in [0.25, 0.3) is 0 Å². The van der Waals surface area contributed by atoms with Gasteiger partial charge >= 0.3 is 0 Å². The summed E-state index contributed by atoms with van der Waals surface area (Å²) in [5, 5.41) is 13.7. The van der Waals surface area contributed by atoms with Gasteiger partial charge in [-0.1, -0.05) is 34.5 Å². The standard InChI is InChI=1S/C18H21BrN4O.ClH/c19-13-4-1-3-12(9-13)18(6-2-7-18)11-21-17(24)16-14-10-20-8-5-15(14)22-23-16;/h1,3-4,9,20H,2,5-8,10-11H2,(H,21,24)(H,22,23);1H. The van der Waals surface area contributed by atoms with Gasteiger partial charge in [0.2, 0.25) is 0 Å². The first kappa shape index (κ1) is 18.4. The van der Waals surface area contributed by atoms with E-state index in [4.69, 9.17) is 0 Å². The van der Waals surface area contributed by atoms with E-state index in [1.807, 2.05) is 6.07 Å². The maximum Gasteiger partial charge on any atom is 0.272 e. The van der Waals surface area contributed by atoms with Crippen LogP contribution in [0, 0.1) is 0 Å².